The van der Waals surface area contributed by atoms with Crippen molar-refractivity contribution in [2.24, 2.45) is 11.7 Å². The smallest absolute Gasteiger partial charge is 0.371 e. The van der Waals surface area contributed by atoms with E-state index in [4.69, 9.17) is 5.73 Å². The predicted molar refractivity (Wildman–Crippen MR) is 82.3 cm³/mol. The van der Waals surface area contributed by atoms with Crippen LogP contribution in [0.15, 0.2) is 22.7 Å². The van der Waals surface area contributed by atoms with Crippen molar-refractivity contribution in [2.45, 2.75) is 37.9 Å². The molecule has 0 aromatic heterocycles. The lowest BCUT2D eigenvalue weighted by Gasteiger charge is -2.39. The zero-order valence-corrected chi connectivity index (χ0v) is 13.5. The van der Waals surface area contributed by atoms with E-state index in [1.54, 1.807) is 18.0 Å². The minimum atomic E-state index is -4.35. The first kappa shape index (κ1) is 16.6. The Balaban J connectivity index is 2.37. The lowest BCUT2D eigenvalue weighted by atomic mass is 9.83. The number of hydrogen-bond acceptors (Lipinski definition) is 2. The summed E-state index contributed by atoms with van der Waals surface area (Å²) in [5.74, 6) is 0.254. The van der Waals surface area contributed by atoms with Crippen LogP contribution in [-0.2, 0) is 6.18 Å². The molecule has 1 aliphatic rings. The number of hydrogen-bond donors (Lipinski definition) is 1. The third kappa shape index (κ3) is 3.72. The molecular formula is C15H20BrF3N2. The Bertz CT molecular complexity index is 490. The zero-order valence-electron chi connectivity index (χ0n) is 12.0. The first-order valence-corrected chi connectivity index (χ1v) is 7.93. The van der Waals surface area contributed by atoms with Crippen molar-refractivity contribution < 1.29 is 13.2 Å². The maximum atomic E-state index is 13.2. The molecule has 0 heterocycles. The molecule has 0 bridgehead atoms. The fourth-order valence-corrected chi connectivity index (χ4v) is 3.54. The van der Waals surface area contributed by atoms with Gasteiger partial charge in [-0.05, 0) is 43.5 Å². The molecule has 0 radical (unpaired) electrons. The molecule has 1 aliphatic carbocycles. The maximum Gasteiger partial charge on any atom is 0.418 e. The van der Waals surface area contributed by atoms with E-state index in [0.717, 1.165) is 31.7 Å². The highest BCUT2D eigenvalue weighted by atomic mass is 79.9. The van der Waals surface area contributed by atoms with E-state index in [9.17, 15) is 13.2 Å². The minimum absolute atomic E-state index is 0.0687. The van der Waals surface area contributed by atoms with Gasteiger partial charge in [0.25, 0.3) is 0 Å². The Morgan fingerprint density at radius 3 is 2.57 bits per heavy atom. The summed E-state index contributed by atoms with van der Waals surface area (Å²) in [6, 6.07) is 4.18. The van der Waals surface area contributed by atoms with Crippen LogP contribution in [0.25, 0.3) is 0 Å². The van der Waals surface area contributed by atoms with Crippen molar-refractivity contribution in [3.8, 4) is 0 Å². The Morgan fingerprint density at radius 2 is 1.95 bits per heavy atom. The van der Waals surface area contributed by atoms with E-state index in [0.29, 0.717) is 11.0 Å². The number of benzene rings is 1. The molecule has 2 N–H and O–H groups in total. The topological polar surface area (TPSA) is 29.3 Å². The van der Waals surface area contributed by atoms with Crippen molar-refractivity contribution in [1.82, 2.24) is 0 Å². The van der Waals surface area contributed by atoms with Gasteiger partial charge >= 0.3 is 6.18 Å². The van der Waals surface area contributed by atoms with Gasteiger partial charge < -0.3 is 10.6 Å². The number of nitrogens with zero attached hydrogens (tertiary/aromatic N) is 1. The Kier molecular flexibility index (Phi) is 5.20. The lowest BCUT2D eigenvalue weighted by Crippen LogP contribution is -2.43. The molecule has 2 unspecified atom stereocenters. The highest BCUT2D eigenvalue weighted by molar-refractivity contribution is 9.10. The number of nitrogens with two attached hydrogens (primary N) is 1. The fourth-order valence-electron chi connectivity index (χ4n) is 3.19. The van der Waals surface area contributed by atoms with Crippen LogP contribution in [0.2, 0.25) is 0 Å². The van der Waals surface area contributed by atoms with Gasteiger partial charge in [0.05, 0.1) is 11.3 Å². The van der Waals surface area contributed by atoms with E-state index < -0.39 is 11.7 Å². The first-order valence-electron chi connectivity index (χ1n) is 7.14. The van der Waals surface area contributed by atoms with Crippen LogP contribution in [0.4, 0.5) is 18.9 Å². The highest BCUT2D eigenvalue weighted by Crippen LogP contribution is 2.40. The predicted octanol–water partition coefficient (Wildman–Crippen LogP) is 4.42. The summed E-state index contributed by atoms with van der Waals surface area (Å²) < 4.78 is 40.3. The van der Waals surface area contributed by atoms with Gasteiger partial charge in [0, 0.05) is 17.6 Å². The molecule has 0 saturated heterocycles. The van der Waals surface area contributed by atoms with Crippen LogP contribution in [-0.4, -0.2) is 19.6 Å². The normalized spacial score (nSPS) is 23.1. The molecule has 1 fully saturated rings. The summed E-state index contributed by atoms with van der Waals surface area (Å²) in [4.78, 5) is 1.77. The molecule has 1 saturated carbocycles. The second-order valence-corrected chi connectivity index (χ2v) is 6.53. The van der Waals surface area contributed by atoms with Gasteiger partial charge in [-0.15, -0.1) is 0 Å². The van der Waals surface area contributed by atoms with Crippen LogP contribution in [0.5, 0.6) is 0 Å². The van der Waals surface area contributed by atoms with Crippen molar-refractivity contribution in [2.75, 3.05) is 18.5 Å². The standard InChI is InChI=1S/C15H20BrF3N2/c1-21(13-5-3-2-4-10(13)9-20)14-8-11(16)6-7-12(14)15(17,18)19/h6-8,10,13H,2-5,9,20H2,1H3. The zero-order chi connectivity index (χ0) is 15.6. The van der Waals surface area contributed by atoms with Crippen molar-refractivity contribution in [1.29, 1.82) is 0 Å². The summed E-state index contributed by atoms with van der Waals surface area (Å²) in [6.45, 7) is 0.518. The van der Waals surface area contributed by atoms with Crippen molar-refractivity contribution >= 4 is 21.6 Å². The van der Waals surface area contributed by atoms with Crippen LogP contribution >= 0.6 is 15.9 Å². The van der Waals surface area contributed by atoms with E-state index >= 15 is 0 Å². The van der Waals surface area contributed by atoms with Crippen LogP contribution < -0.4 is 10.6 Å². The molecule has 2 rings (SSSR count). The van der Waals surface area contributed by atoms with Gasteiger partial charge in [-0.2, -0.15) is 13.2 Å². The van der Waals surface area contributed by atoms with Crippen LogP contribution in [0.3, 0.4) is 0 Å². The summed E-state index contributed by atoms with van der Waals surface area (Å²) in [5, 5.41) is 0. The van der Waals surface area contributed by atoms with Gasteiger partial charge in [0.15, 0.2) is 0 Å². The Morgan fingerprint density at radius 1 is 1.29 bits per heavy atom. The highest BCUT2D eigenvalue weighted by Gasteiger charge is 2.37. The van der Waals surface area contributed by atoms with Gasteiger partial charge in [0.2, 0.25) is 0 Å². The van der Waals surface area contributed by atoms with Gasteiger partial charge in [0.1, 0.15) is 0 Å². The average Bonchev–Trinajstić information content (AvgIpc) is 2.45. The molecule has 0 aliphatic heterocycles. The van der Waals surface area contributed by atoms with Gasteiger partial charge in [-0.25, -0.2) is 0 Å². The average molecular weight is 365 g/mol. The largest absolute Gasteiger partial charge is 0.418 e. The molecule has 2 nitrogen and oxygen atoms in total. The molecular weight excluding hydrogens is 345 g/mol. The van der Waals surface area contributed by atoms with E-state index in [-0.39, 0.29) is 17.6 Å². The minimum Gasteiger partial charge on any atom is -0.371 e. The number of rotatable bonds is 3. The number of halogens is 4. The Labute approximate surface area is 131 Å². The van der Waals surface area contributed by atoms with Gasteiger partial charge in [-0.3, -0.25) is 0 Å². The molecule has 1 aromatic rings. The van der Waals surface area contributed by atoms with Crippen LogP contribution in [0, 0.1) is 5.92 Å². The molecule has 118 valence electrons. The molecule has 6 heteroatoms. The summed E-state index contributed by atoms with van der Waals surface area (Å²) in [5.41, 5.74) is 5.44. The molecule has 2 atom stereocenters. The van der Waals surface area contributed by atoms with Crippen molar-refractivity contribution in [3.63, 3.8) is 0 Å². The number of alkyl halides is 3. The quantitative estimate of drug-likeness (QED) is 0.859. The summed E-state index contributed by atoms with van der Waals surface area (Å²) in [6.07, 6.45) is -0.322. The number of anilines is 1. The lowest BCUT2D eigenvalue weighted by molar-refractivity contribution is -0.137. The van der Waals surface area contributed by atoms with Crippen molar-refractivity contribution in [3.05, 3.63) is 28.2 Å². The molecule has 0 amide bonds. The van der Waals surface area contributed by atoms with E-state index in [1.807, 2.05) is 0 Å². The third-order valence-electron chi connectivity index (χ3n) is 4.31. The third-order valence-corrected chi connectivity index (χ3v) is 4.81. The SMILES string of the molecule is CN(c1cc(Br)ccc1C(F)(F)F)C1CCCCC1CN. The van der Waals surface area contributed by atoms with E-state index in [2.05, 4.69) is 15.9 Å². The van der Waals surface area contributed by atoms with E-state index in [1.165, 1.54) is 6.07 Å². The monoisotopic (exact) mass is 364 g/mol. The molecule has 21 heavy (non-hydrogen) atoms. The second kappa shape index (κ2) is 6.57. The second-order valence-electron chi connectivity index (χ2n) is 5.62. The Hall–Kier alpha value is -0.750. The molecule has 1 aromatic carbocycles. The first-order chi connectivity index (χ1) is 9.84. The van der Waals surface area contributed by atoms with Gasteiger partial charge in [-0.1, -0.05) is 28.8 Å². The fraction of sp³-hybridized carbons (Fsp3) is 0.600. The molecule has 0 spiro atoms. The van der Waals surface area contributed by atoms with Crippen LogP contribution in [0.1, 0.15) is 31.2 Å². The maximum absolute atomic E-state index is 13.2. The summed E-state index contributed by atoms with van der Waals surface area (Å²) in [7, 11) is 1.75. The summed E-state index contributed by atoms with van der Waals surface area (Å²) >= 11 is 3.27.